The van der Waals surface area contributed by atoms with E-state index in [-0.39, 0.29) is 122 Å². The number of rotatable bonds is 16. The van der Waals surface area contributed by atoms with Gasteiger partial charge in [0.25, 0.3) is 10.0 Å². The molecule has 25 heteroatoms. The molecule has 6 bridgehead atoms. The fourth-order valence-corrected chi connectivity index (χ4v) is 17.8. The summed E-state index contributed by atoms with van der Waals surface area (Å²) in [5.74, 6) is -1.67. The number of aryl methyl sites for hydroxylation is 1. The van der Waals surface area contributed by atoms with Crippen LogP contribution >= 0.6 is 11.6 Å². The molecule has 0 spiro atoms. The summed E-state index contributed by atoms with van der Waals surface area (Å²) in [5.41, 5.74) is 2.91. The van der Waals surface area contributed by atoms with Crippen molar-refractivity contribution < 1.29 is 59.0 Å². The lowest BCUT2D eigenvalue weighted by Crippen LogP contribution is -2.45. The van der Waals surface area contributed by atoms with E-state index < -0.39 is 39.1 Å². The van der Waals surface area contributed by atoms with Crippen LogP contribution in [-0.2, 0) is 57.9 Å². The molecule has 94 heavy (non-hydrogen) atoms. The van der Waals surface area contributed by atoms with Crippen molar-refractivity contribution in [1.82, 2.24) is 48.8 Å². The molecule has 0 saturated heterocycles. The molecule has 18 nitrogen and oxygen atoms in total. The second kappa shape index (κ2) is 28.2. The van der Waals surface area contributed by atoms with Crippen molar-refractivity contribution in [3.8, 4) is 22.8 Å². The molecular formula is C69H74ClF5N10O8S. The van der Waals surface area contributed by atoms with Crippen LogP contribution in [0.5, 0.6) is 0 Å². The van der Waals surface area contributed by atoms with E-state index in [2.05, 4.69) is 44.9 Å². The molecule has 0 amide bonds. The number of hydrogen-bond acceptors (Lipinski definition) is 16. The molecule has 7 aromatic heterocycles. The van der Waals surface area contributed by atoms with Crippen LogP contribution in [0.4, 0.5) is 22.0 Å². The lowest BCUT2D eigenvalue weighted by Gasteiger charge is -2.47. The highest BCUT2D eigenvalue weighted by molar-refractivity contribution is 7.90. The van der Waals surface area contributed by atoms with E-state index in [0.29, 0.717) is 77.8 Å². The van der Waals surface area contributed by atoms with Gasteiger partial charge in [-0.1, -0.05) is 17.7 Å². The predicted octanol–water partition coefficient (Wildman–Crippen LogP) is 13.4. The topological polar surface area (TPSA) is 237 Å². The number of ether oxygens (including phenoxy) is 3. The maximum Gasteiger partial charge on any atom is 0.309 e. The molecule has 1 N–H and O–H groups in total. The van der Waals surface area contributed by atoms with Crippen LogP contribution in [0.2, 0.25) is 5.28 Å². The van der Waals surface area contributed by atoms with Gasteiger partial charge in [-0.05, 0) is 213 Å². The van der Waals surface area contributed by atoms with Crippen LogP contribution in [-0.4, -0.2) is 95.0 Å². The number of benzene rings is 1. The number of nitrogens with zero attached hydrogens (tertiary/aromatic N) is 9. The smallest absolute Gasteiger partial charge is 0.309 e. The fraction of sp³-hybridized carbons (Fsp3) is 0.493. The molecule has 1 aromatic carbocycles. The van der Waals surface area contributed by atoms with Gasteiger partial charge in [-0.2, -0.15) is 0 Å². The summed E-state index contributed by atoms with van der Waals surface area (Å²) >= 11 is 5.78. The Morgan fingerprint density at radius 3 is 1.39 bits per heavy atom. The average molecular weight is 1330 g/mol. The number of fused-ring (bicyclic) bond motifs is 11. The van der Waals surface area contributed by atoms with Crippen molar-refractivity contribution >= 4 is 61.6 Å². The highest BCUT2D eigenvalue weighted by Gasteiger charge is 2.51. The molecule has 9 aliphatic rings. The van der Waals surface area contributed by atoms with E-state index in [0.717, 1.165) is 118 Å². The first-order chi connectivity index (χ1) is 45.3. The van der Waals surface area contributed by atoms with Crippen LogP contribution in [0, 0.1) is 107 Å². The third-order valence-corrected chi connectivity index (χ3v) is 22.5. The Balaban J connectivity index is 0.000000142. The number of hydrogen-bond donors (Lipinski definition) is 1. The fourth-order valence-electron chi connectivity index (χ4n) is 16.4. The Morgan fingerprint density at radius 1 is 0.532 bits per heavy atom. The number of esters is 3. The highest BCUT2D eigenvalue weighted by Crippen LogP contribution is 2.53. The van der Waals surface area contributed by atoms with E-state index in [1.165, 1.54) is 30.5 Å². The van der Waals surface area contributed by atoms with Crippen molar-refractivity contribution in [2.24, 2.45) is 71.0 Å². The van der Waals surface area contributed by atoms with Gasteiger partial charge in [-0.25, -0.2) is 74.2 Å². The summed E-state index contributed by atoms with van der Waals surface area (Å²) in [7, 11) is -4.10. The Labute approximate surface area is 546 Å². The third kappa shape index (κ3) is 13.6. The average Bonchev–Trinajstić information content (AvgIpc) is 1.67. The first-order valence-electron chi connectivity index (χ1n) is 32.6. The van der Waals surface area contributed by atoms with Crippen molar-refractivity contribution in [1.29, 1.82) is 0 Å². The second-order valence-electron chi connectivity index (χ2n) is 25.8. The van der Waals surface area contributed by atoms with E-state index in [1.807, 2.05) is 20.8 Å². The molecule has 9 fully saturated rings. The number of halogens is 6. The van der Waals surface area contributed by atoms with Crippen molar-refractivity contribution in [3.05, 3.63) is 137 Å². The largest absolute Gasteiger partial charge is 0.466 e. The summed E-state index contributed by atoms with van der Waals surface area (Å²) in [6.45, 7) is 8.26. The summed E-state index contributed by atoms with van der Waals surface area (Å²) in [6, 6.07) is 8.88. The van der Waals surface area contributed by atoms with Crippen LogP contribution < -0.4 is 0 Å². The summed E-state index contributed by atoms with van der Waals surface area (Å²) in [4.78, 5) is 74.1. The molecule has 8 aromatic rings. The number of aromatic nitrogens is 10. The van der Waals surface area contributed by atoms with Crippen LogP contribution in [0.15, 0.2) is 84.7 Å². The van der Waals surface area contributed by atoms with Gasteiger partial charge in [-0.3, -0.25) is 14.4 Å². The van der Waals surface area contributed by atoms with Gasteiger partial charge in [0.1, 0.15) is 17.3 Å². The molecule has 496 valence electrons. The predicted molar refractivity (Wildman–Crippen MR) is 337 cm³/mol. The molecule has 0 radical (unpaired) electrons. The second-order valence-corrected chi connectivity index (χ2v) is 28.0. The number of carbonyl (C=O) groups excluding carboxylic acids is 3. The molecule has 7 heterocycles. The molecule has 0 aliphatic heterocycles. The van der Waals surface area contributed by atoms with E-state index in [9.17, 15) is 40.4 Å². The molecular weight excluding hydrogens is 1260 g/mol. The first-order valence-corrected chi connectivity index (χ1v) is 34.5. The maximum absolute atomic E-state index is 15.2. The maximum atomic E-state index is 15.2. The highest BCUT2D eigenvalue weighted by atomic mass is 35.5. The van der Waals surface area contributed by atoms with Crippen molar-refractivity contribution in [2.45, 2.75) is 129 Å². The summed E-state index contributed by atoms with van der Waals surface area (Å²) in [6.07, 6.45) is 21.7. The van der Waals surface area contributed by atoms with E-state index >= 15 is 4.39 Å². The monoisotopic (exact) mass is 1330 g/mol. The number of H-pyrrole nitrogens is 1. The Morgan fingerprint density at radius 2 is 0.936 bits per heavy atom. The van der Waals surface area contributed by atoms with E-state index in [1.54, 1.807) is 25.3 Å². The first kappa shape index (κ1) is 66.2. The SMILES string of the molecule is CCOC(=O)[C@H]1C2CCC(CC2)[C@@H]1Cc1nc(-c2c[nH]c3ncc(F)cc23)ncc1F.CCOC(=O)[C@H]1C2CCC(CC2)[C@@H]1Cc1nc(-c2cn(S(=O)(=O)c3ccc(C)cc3)c3ncc(F)cc23)ncc1F.CCOC(=O)[C@H]1C2CCC(CC2)[C@@H]1Cc1nc(Cl)ncc1F. The lowest BCUT2D eigenvalue weighted by molar-refractivity contribution is -0.159. The molecule has 9 saturated carbocycles. The van der Waals surface area contributed by atoms with Crippen LogP contribution in [0.1, 0.15) is 120 Å². The minimum atomic E-state index is -4.10. The zero-order chi connectivity index (χ0) is 66.1. The van der Waals surface area contributed by atoms with Gasteiger partial charge >= 0.3 is 17.9 Å². The van der Waals surface area contributed by atoms with Crippen molar-refractivity contribution in [3.63, 3.8) is 0 Å². The number of nitrogens with one attached hydrogen (secondary N) is 1. The van der Waals surface area contributed by atoms with Gasteiger partial charge in [0, 0.05) is 34.3 Å². The van der Waals surface area contributed by atoms with Gasteiger partial charge < -0.3 is 19.2 Å². The Kier molecular flexibility index (Phi) is 19.9. The Hall–Kier alpha value is -7.86. The van der Waals surface area contributed by atoms with Gasteiger partial charge in [-0.15, -0.1) is 0 Å². The third-order valence-electron chi connectivity index (χ3n) is 20.7. The number of aromatic amines is 1. The standard InChI is InChI=1S/C30H30F2N4O4S.C23H24F2N4O2.C16H20ClFN2O2/c1-3-40-30(37)27-19-8-6-18(7-9-19)22(27)13-26-25(32)15-33-28(35-26)24-16-36(29-23(24)12-20(31)14-34-29)41(38,39)21-10-4-17(2)5-11-21;1-2-31-23(30)20-13-5-3-12(4-6-13)15(20)8-19-18(25)11-28-22(29-19)17-10-27-21-16(17)7-14(24)9-26-21;1-2-22-15(21)14-10-5-3-9(4-6-10)11(14)7-13-12(18)8-19-16(17)20-13/h4-5,10-12,14-16,18-19,22,27H,3,6-9,13H2,1-2H3;7,9-13,15,20H,2-6,8H2,1H3,(H,26,27);8-11,14H,2-7H2,1H3/t18?,19?,22-,27-;12?,13?,15-,20-;9?,10?,11-,14-/m000/s1. The van der Waals surface area contributed by atoms with Gasteiger partial charge in [0.05, 0.1) is 90.5 Å². The Bertz CT molecular complexity index is 4210. The van der Waals surface area contributed by atoms with E-state index in [4.69, 9.17) is 25.8 Å². The van der Waals surface area contributed by atoms with Crippen LogP contribution in [0.3, 0.4) is 0 Å². The minimum Gasteiger partial charge on any atom is -0.466 e. The van der Waals surface area contributed by atoms with Crippen LogP contribution in [0.25, 0.3) is 44.8 Å². The lowest BCUT2D eigenvalue weighted by atomic mass is 9.57. The molecule has 0 unspecified atom stereocenters. The summed E-state index contributed by atoms with van der Waals surface area (Å²) < 4.78 is 116. The minimum absolute atomic E-state index is 0.00316. The number of pyridine rings is 2. The summed E-state index contributed by atoms with van der Waals surface area (Å²) in [5, 5.41) is 0.767. The molecule has 9 aliphatic carbocycles. The normalized spacial score (nSPS) is 25.1. The molecule has 17 rings (SSSR count). The zero-order valence-electron chi connectivity index (χ0n) is 52.6. The number of carbonyl (C=O) groups is 3. The van der Waals surface area contributed by atoms with Gasteiger partial charge in [0.15, 0.2) is 34.7 Å². The van der Waals surface area contributed by atoms with Gasteiger partial charge in [0.2, 0.25) is 5.28 Å². The van der Waals surface area contributed by atoms with Crippen molar-refractivity contribution in [2.75, 3.05) is 19.8 Å². The zero-order valence-corrected chi connectivity index (χ0v) is 54.2. The quantitative estimate of drug-likeness (QED) is 0.0409. The molecule has 6 atom stereocenters.